The second-order valence-corrected chi connectivity index (χ2v) is 10.3. The molecule has 4 heteroatoms. The summed E-state index contributed by atoms with van der Waals surface area (Å²) in [7, 11) is 0. The number of para-hydroxylation sites is 1. The normalized spacial score (nSPS) is 11.8. The van der Waals surface area contributed by atoms with Crippen LogP contribution in [-0.4, -0.2) is 9.55 Å². The number of hydrogen-bond donors (Lipinski definition) is 0. The molecule has 3 heterocycles. The summed E-state index contributed by atoms with van der Waals surface area (Å²) in [6.45, 7) is 13.4. The molecule has 0 amide bonds. The lowest BCUT2D eigenvalue weighted by Gasteiger charge is -2.13. The number of fused-ring (bicyclic) bond motifs is 3. The van der Waals surface area contributed by atoms with Gasteiger partial charge in [0.1, 0.15) is 22.7 Å². The van der Waals surface area contributed by atoms with Crippen molar-refractivity contribution in [3.63, 3.8) is 0 Å². The van der Waals surface area contributed by atoms with Gasteiger partial charge >= 0.3 is 0 Å². The number of nitrogens with zero attached hydrogens (tertiary/aromatic N) is 3. The van der Waals surface area contributed by atoms with Crippen molar-refractivity contribution in [2.75, 3.05) is 0 Å². The average molecular weight is 487 g/mol. The molecule has 0 saturated carbocycles. The first-order chi connectivity index (χ1) is 17.9. The Kier molecular flexibility index (Phi) is 5.49. The first kappa shape index (κ1) is 23.2. The lowest BCUT2D eigenvalue weighted by Crippen LogP contribution is -2.36. The van der Waals surface area contributed by atoms with Crippen LogP contribution in [0.3, 0.4) is 0 Å². The van der Waals surface area contributed by atoms with Crippen molar-refractivity contribution in [1.29, 1.82) is 0 Å². The summed E-state index contributed by atoms with van der Waals surface area (Å²) in [5, 5.41) is 2.12. The van der Waals surface area contributed by atoms with Gasteiger partial charge in [0.05, 0.1) is 5.56 Å². The van der Waals surface area contributed by atoms with Gasteiger partial charge in [-0.15, -0.1) is 0 Å². The van der Waals surface area contributed by atoms with Gasteiger partial charge in [-0.3, -0.25) is 0 Å². The van der Waals surface area contributed by atoms with E-state index in [9.17, 15) is 0 Å². The summed E-state index contributed by atoms with van der Waals surface area (Å²) in [6.07, 6.45) is 1.78. The van der Waals surface area contributed by atoms with Gasteiger partial charge < -0.3 is 4.42 Å². The van der Waals surface area contributed by atoms with Gasteiger partial charge in [-0.05, 0) is 68.3 Å². The summed E-state index contributed by atoms with van der Waals surface area (Å²) in [4.78, 5) is 4.46. The standard InChI is InChI=1S/C33H32N3O/c1-20(2)31-24(6)35(28-19-27-26-16-11-17-34-32(26)37-29(27)18-23(28)5)33(30-21(3)12-10-13-22(30)4)36(31)25-14-8-7-9-15-25/h7-20H,1-6H3/q+1. The highest BCUT2D eigenvalue weighted by molar-refractivity contribution is 6.04. The molecule has 0 fully saturated rings. The van der Waals surface area contributed by atoms with E-state index < -0.39 is 0 Å². The van der Waals surface area contributed by atoms with Crippen LogP contribution in [0.5, 0.6) is 0 Å². The fourth-order valence-corrected chi connectivity index (χ4v) is 5.84. The van der Waals surface area contributed by atoms with Gasteiger partial charge in [0.15, 0.2) is 5.69 Å². The minimum atomic E-state index is 0.326. The van der Waals surface area contributed by atoms with Crippen molar-refractivity contribution in [1.82, 2.24) is 9.55 Å². The first-order valence-electron chi connectivity index (χ1n) is 12.9. The van der Waals surface area contributed by atoms with E-state index in [0.717, 1.165) is 27.6 Å². The Balaban J connectivity index is 1.80. The van der Waals surface area contributed by atoms with Crippen LogP contribution in [0.1, 0.15) is 47.8 Å². The first-order valence-corrected chi connectivity index (χ1v) is 12.9. The Morgan fingerprint density at radius 1 is 0.784 bits per heavy atom. The highest BCUT2D eigenvalue weighted by Gasteiger charge is 2.35. The third kappa shape index (κ3) is 3.59. The Bertz CT molecular complexity index is 1770. The second kappa shape index (κ2) is 8.74. The summed E-state index contributed by atoms with van der Waals surface area (Å²) < 4.78 is 11.0. The number of benzene rings is 3. The Hall–Kier alpha value is -4.18. The Labute approximate surface area is 217 Å². The van der Waals surface area contributed by atoms with Gasteiger partial charge in [-0.25, -0.2) is 4.98 Å². The Morgan fingerprint density at radius 2 is 1.51 bits per heavy atom. The highest BCUT2D eigenvalue weighted by Crippen LogP contribution is 2.36. The molecule has 0 aliphatic heterocycles. The molecule has 0 radical (unpaired) electrons. The lowest BCUT2D eigenvalue weighted by molar-refractivity contribution is -0.590. The number of imidazole rings is 1. The molecule has 3 aromatic carbocycles. The molecule has 0 spiro atoms. The molecular weight excluding hydrogens is 454 g/mol. The molecular formula is C33H32N3O+. The number of hydrogen-bond acceptors (Lipinski definition) is 2. The summed E-state index contributed by atoms with van der Waals surface area (Å²) in [5.74, 6) is 1.50. The van der Waals surface area contributed by atoms with E-state index in [1.54, 1.807) is 6.20 Å². The minimum absolute atomic E-state index is 0.326. The third-order valence-corrected chi connectivity index (χ3v) is 7.44. The quantitative estimate of drug-likeness (QED) is 0.236. The topological polar surface area (TPSA) is 34.8 Å². The van der Waals surface area contributed by atoms with Crippen molar-refractivity contribution in [2.24, 2.45) is 0 Å². The zero-order valence-electron chi connectivity index (χ0n) is 22.3. The third-order valence-electron chi connectivity index (χ3n) is 7.44. The van der Waals surface area contributed by atoms with Crippen LogP contribution in [0.25, 0.3) is 44.8 Å². The van der Waals surface area contributed by atoms with Crippen LogP contribution in [-0.2, 0) is 0 Å². The molecule has 0 unspecified atom stereocenters. The predicted molar refractivity (Wildman–Crippen MR) is 151 cm³/mol. The molecule has 0 bridgehead atoms. The van der Waals surface area contributed by atoms with Crippen LogP contribution in [0.15, 0.2) is 83.4 Å². The van der Waals surface area contributed by atoms with Gasteiger partial charge in [0.25, 0.3) is 5.82 Å². The summed E-state index contributed by atoms with van der Waals surface area (Å²) >= 11 is 0. The maximum Gasteiger partial charge on any atom is 0.300 e. The van der Waals surface area contributed by atoms with Crippen LogP contribution in [0, 0.1) is 27.7 Å². The van der Waals surface area contributed by atoms with Gasteiger partial charge in [-0.1, -0.05) is 50.2 Å². The minimum Gasteiger partial charge on any atom is -0.438 e. The average Bonchev–Trinajstić information content (AvgIpc) is 3.38. The number of aryl methyl sites for hydroxylation is 3. The molecule has 0 aliphatic rings. The van der Waals surface area contributed by atoms with Crippen LogP contribution in [0.4, 0.5) is 0 Å². The van der Waals surface area contributed by atoms with Crippen molar-refractivity contribution in [2.45, 2.75) is 47.5 Å². The van der Waals surface area contributed by atoms with Crippen LogP contribution >= 0.6 is 0 Å². The van der Waals surface area contributed by atoms with Gasteiger partial charge in [-0.2, -0.15) is 9.13 Å². The predicted octanol–water partition coefficient (Wildman–Crippen LogP) is 8.07. The molecule has 6 rings (SSSR count). The van der Waals surface area contributed by atoms with E-state index in [0.29, 0.717) is 11.6 Å². The number of aromatic nitrogens is 3. The number of furan rings is 1. The molecule has 0 N–H and O–H groups in total. The monoisotopic (exact) mass is 486 g/mol. The fourth-order valence-electron chi connectivity index (χ4n) is 5.84. The van der Waals surface area contributed by atoms with E-state index in [4.69, 9.17) is 4.42 Å². The molecule has 184 valence electrons. The van der Waals surface area contributed by atoms with Crippen molar-refractivity contribution in [3.8, 4) is 22.8 Å². The van der Waals surface area contributed by atoms with Crippen molar-refractivity contribution < 1.29 is 8.98 Å². The molecule has 37 heavy (non-hydrogen) atoms. The summed E-state index contributed by atoms with van der Waals surface area (Å²) in [6, 6.07) is 25.8. The smallest absolute Gasteiger partial charge is 0.300 e. The summed E-state index contributed by atoms with van der Waals surface area (Å²) in [5.41, 5.74) is 11.4. The Morgan fingerprint density at radius 3 is 2.22 bits per heavy atom. The molecule has 0 atom stereocenters. The SMILES string of the molecule is Cc1cc2oc3ncccc3c2cc1-[n+]1c(C)c(C(C)C)n(-c2ccccc2)c1-c1c(C)cccc1C. The van der Waals surface area contributed by atoms with Crippen molar-refractivity contribution in [3.05, 3.63) is 107 Å². The molecule has 0 saturated heterocycles. The van der Waals surface area contributed by atoms with Gasteiger partial charge in [0.2, 0.25) is 5.71 Å². The van der Waals surface area contributed by atoms with E-state index >= 15 is 0 Å². The maximum atomic E-state index is 6.12. The zero-order chi connectivity index (χ0) is 25.8. The van der Waals surface area contributed by atoms with E-state index in [-0.39, 0.29) is 0 Å². The highest BCUT2D eigenvalue weighted by atomic mass is 16.3. The second-order valence-electron chi connectivity index (χ2n) is 10.3. The number of rotatable bonds is 4. The van der Waals surface area contributed by atoms with Crippen molar-refractivity contribution >= 4 is 22.1 Å². The van der Waals surface area contributed by atoms with Crippen LogP contribution in [0.2, 0.25) is 0 Å². The molecule has 4 nitrogen and oxygen atoms in total. The lowest BCUT2D eigenvalue weighted by atomic mass is 10.0. The van der Waals surface area contributed by atoms with Gasteiger partial charge in [0, 0.05) is 35.4 Å². The molecule has 3 aromatic heterocycles. The van der Waals surface area contributed by atoms with E-state index in [1.165, 1.54) is 39.6 Å². The van der Waals surface area contributed by atoms with E-state index in [1.807, 2.05) is 6.07 Å². The fraction of sp³-hybridized carbons (Fsp3) is 0.212. The maximum absolute atomic E-state index is 6.12. The van der Waals surface area contributed by atoms with E-state index in [2.05, 4.69) is 122 Å². The molecule has 0 aliphatic carbocycles. The molecule has 6 aromatic rings. The zero-order valence-corrected chi connectivity index (χ0v) is 22.3. The van der Waals surface area contributed by atoms with Crippen LogP contribution < -0.4 is 4.57 Å². The number of pyridine rings is 1. The largest absolute Gasteiger partial charge is 0.438 e.